The summed E-state index contributed by atoms with van der Waals surface area (Å²) in [5.74, 6) is 0. The molecule has 0 aromatic carbocycles. The van der Waals surface area contributed by atoms with Gasteiger partial charge in [0.05, 0.1) is 9.47 Å². The van der Waals surface area contributed by atoms with E-state index < -0.39 is 8.18 Å². The van der Waals surface area contributed by atoms with Gasteiger partial charge in [-0.1, -0.05) is 5.50 Å². The Kier molecular flexibility index (Phi) is 2.92. The van der Waals surface area contributed by atoms with Crippen molar-refractivity contribution in [3.8, 4) is 0 Å². The molecule has 2 atom stereocenters. The highest BCUT2D eigenvalue weighted by molar-refractivity contribution is 7.42. The second-order valence-corrected chi connectivity index (χ2v) is 1.80. The van der Waals surface area contributed by atoms with Crippen molar-refractivity contribution in [2.75, 3.05) is 0 Å². The summed E-state index contributed by atoms with van der Waals surface area (Å²) in [5.41, 5.74) is 4.56. The first-order valence-corrected chi connectivity index (χ1v) is 2.58. The monoisotopic (exact) mass is 112 g/mol. The zero-order valence-electron chi connectivity index (χ0n) is 2.42. The van der Waals surface area contributed by atoms with Crippen LogP contribution in [0.2, 0.25) is 0 Å². The predicted octanol–water partition coefficient (Wildman–Crippen LogP) is 0.409. The predicted molar refractivity (Wildman–Crippen MR) is 22.6 cm³/mol. The lowest BCUT2D eigenvalue weighted by atomic mass is 13.9. The van der Waals surface area contributed by atoms with Gasteiger partial charge in [-0.2, -0.15) is 0 Å². The van der Waals surface area contributed by atoms with Crippen LogP contribution in [0, 0.1) is 0 Å². The van der Waals surface area contributed by atoms with E-state index in [1.54, 1.807) is 9.47 Å². The summed E-state index contributed by atoms with van der Waals surface area (Å²) in [7, 11) is -0.0995. The van der Waals surface area contributed by atoms with Gasteiger partial charge in [-0.25, -0.2) is 0 Å². The highest BCUT2D eigenvalue weighted by Gasteiger charge is 1.98. The molecule has 3 nitrogen and oxygen atoms in total. The summed E-state index contributed by atoms with van der Waals surface area (Å²) in [6, 6.07) is 0. The van der Waals surface area contributed by atoms with Gasteiger partial charge < -0.3 is 0 Å². The Bertz CT molecular complexity index is 42.9. The van der Waals surface area contributed by atoms with E-state index in [1.807, 2.05) is 0 Å². The molecule has 0 saturated carbocycles. The maximum Gasteiger partial charge on any atom is 0.612 e. The van der Waals surface area contributed by atoms with Gasteiger partial charge in [-0.3, -0.25) is 0 Å². The fourth-order valence-corrected chi connectivity index (χ4v) is 0. The van der Waals surface area contributed by atoms with Crippen LogP contribution in [0.1, 0.15) is 0 Å². The van der Waals surface area contributed by atoms with Gasteiger partial charge in [0.2, 0.25) is 0 Å². The Labute approximate surface area is 33.1 Å². The molecule has 5 heteroatoms. The summed E-state index contributed by atoms with van der Waals surface area (Å²) >= 11 is 0. The minimum Gasteiger partial charge on any atom is -0.117 e. The van der Waals surface area contributed by atoms with Crippen molar-refractivity contribution < 1.29 is 8.88 Å². The molecule has 0 heterocycles. The van der Waals surface area contributed by atoms with Crippen molar-refractivity contribution in [3.05, 3.63) is 0 Å². The Morgan fingerprint density at radius 1 is 2.00 bits per heavy atom. The molecule has 0 aromatic rings. The van der Waals surface area contributed by atoms with Gasteiger partial charge in [-0.15, -0.1) is 4.31 Å². The normalized spacial score (nSPS) is 11.2. The van der Waals surface area contributed by atoms with E-state index in [-0.39, 0.29) is 0 Å². The molecule has 5 heavy (non-hydrogen) atoms. The maximum atomic E-state index is 9.50. The zero-order chi connectivity index (χ0) is 4.28. The third kappa shape index (κ3) is 4.45. The van der Waals surface area contributed by atoms with Crippen LogP contribution in [0.3, 0.4) is 0 Å². The van der Waals surface area contributed by atoms with Crippen molar-refractivity contribution in [2.45, 2.75) is 0 Å². The van der Waals surface area contributed by atoms with Crippen LogP contribution >= 0.6 is 17.6 Å². The molecule has 0 radical (unpaired) electrons. The molecule has 0 aliphatic rings. The van der Waals surface area contributed by atoms with E-state index in [9.17, 15) is 4.57 Å². The zero-order valence-corrected chi connectivity index (χ0v) is 4.47. The third-order valence-electron chi connectivity index (χ3n) is 0.104. The second-order valence-electron chi connectivity index (χ2n) is 0.391. The van der Waals surface area contributed by atoms with E-state index in [4.69, 9.17) is 0 Å². The topological polar surface area (TPSA) is 52.3 Å². The SMILES string of the molecule is N[P+](=O)OP. The highest BCUT2D eigenvalue weighted by Crippen LogP contribution is 2.12. The summed E-state index contributed by atoms with van der Waals surface area (Å²) in [4.78, 5) is 0. The summed E-state index contributed by atoms with van der Waals surface area (Å²) in [5, 5.41) is 0. The van der Waals surface area contributed by atoms with E-state index in [1.165, 1.54) is 0 Å². The number of hydrogen-bond acceptors (Lipinski definition) is 2. The molecular weight excluding hydrogens is 108 g/mol. The van der Waals surface area contributed by atoms with Crippen LogP contribution < -0.4 is 5.50 Å². The van der Waals surface area contributed by atoms with Gasteiger partial charge in [0, 0.05) is 0 Å². The molecule has 0 bridgehead atoms. The molecule has 0 aliphatic carbocycles. The number of nitrogens with two attached hydrogens (primary N) is 1. The lowest BCUT2D eigenvalue weighted by Gasteiger charge is -1.57. The molecule has 0 amide bonds. The van der Waals surface area contributed by atoms with Gasteiger partial charge in [0.25, 0.3) is 0 Å². The Morgan fingerprint density at radius 2 is 2.20 bits per heavy atom. The summed E-state index contributed by atoms with van der Waals surface area (Å²) in [6.07, 6.45) is 0. The van der Waals surface area contributed by atoms with Crippen LogP contribution in [-0.4, -0.2) is 0 Å². The minimum absolute atomic E-state index is 1.79. The summed E-state index contributed by atoms with van der Waals surface area (Å²) in [6.45, 7) is 0. The first-order chi connectivity index (χ1) is 2.27. The Hall–Kier alpha value is 0.450. The van der Waals surface area contributed by atoms with Gasteiger partial charge in [0.1, 0.15) is 0 Å². The van der Waals surface area contributed by atoms with Crippen molar-refractivity contribution in [3.63, 3.8) is 0 Å². The molecule has 2 N–H and O–H groups in total. The maximum absolute atomic E-state index is 9.50. The molecule has 0 saturated heterocycles. The van der Waals surface area contributed by atoms with Crippen LogP contribution in [0.15, 0.2) is 0 Å². The fraction of sp³-hybridized carbons (Fsp3) is 0. The molecule has 0 aliphatic heterocycles. The molecule has 0 rings (SSSR count). The molecule has 0 aromatic heterocycles. The number of hydrogen-bond donors (Lipinski definition) is 1. The lowest BCUT2D eigenvalue weighted by molar-refractivity contribution is 0.535. The van der Waals surface area contributed by atoms with Crippen molar-refractivity contribution in [1.29, 1.82) is 0 Å². The molecule has 0 fully saturated rings. The average molecular weight is 112 g/mol. The smallest absolute Gasteiger partial charge is 0.117 e. The quantitative estimate of drug-likeness (QED) is 0.499. The average Bonchev–Trinajstić information content (AvgIpc) is 1.38. The lowest BCUT2D eigenvalue weighted by Crippen LogP contribution is -1.71. The van der Waals surface area contributed by atoms with E-state index >= 15 is 0 Å². The van der Waals surface area contributed by atoms with Crippen molar-refractivity contribution in [2.24, 2.45) is 5.50 Å². The van der Waals surface area contributed by atoms with Gasteiger partial charge in [-0.05, 0) is 4.57 Å². The standard InChI is InChI=1S/H4NO2P2/c1-5(2)3-4/h4H2,(H2,1,2)/q+1. The minimum atomic E-state index is -1.89. The molecular formula is H4NO2P2+. The Balaban J connectivity index is 2.85. The van der Waals surface area contributed by atoms with Crippen LogP contribution in [-0.2, 0) is 8.88 Å². The Morgan fingerprint density at radius 3 is 2.20 bits per heavy atom. The van der Waals surface area contributed by atoms with Crippen LogP contribution in [0.25, 0.3) is 0 Å². The highest BCUT2D eigenvalue weighted by atomic mass is 31.2. The van der Waals surface area contributed by atoms with Crippen LogP contribution in [0.5, 0.6) is 0 Å². The fourth-order valence-electron chi connectivity index (χ4n) is 0. The first-order valence-electron chi connectivity index (χ1n) is 0.859. The molecule has 30 valence electrons. The van der Waals surface area contributed by atoms with Crippen molar-refractivity contribution in [1.82, 2.24) is 0 Å². The van der Waals surface area contributed by atoms with E-state index in [0.717, 1.165) is 0 Å². The van der Waals surface area contributed by atoms with E-state index in [2.05, 4.69) is 9.81 Å². The van der Waals surface area contributed by atoms with Crippen molar-refractivity contribution >= 4 is 17.6 Å². The molecule has 2 unspecified atom stereocenters. The van der Waals surface area contributed by atoms with Crippen LogP contribution in [0.4, 0.5) is 0 Å². The van der Waals surface area contributed by atoms with Gasteiger partial charge >= 0.3 is 8.18 Å². The van der Waals surface area contributed by atoms with E-state index in [0.29, 0.717) is 0 Å². The summed E-state index contributed by atoms with van der Waals surface area (Å²) < 4.78 is 13.4. The number of rotatable bonds is 1. The van der Waals surface area contributed by atoms with Gasteiger partial charge in [0.15, 0.2) is 0 Å². The largest absolute Gasteiger partial charge is 0.612 e. The third-order valence-corrected chi connectivity index (χ3v) is 0.935. The second kappa shape index (κ2) is 2.67. The first kappa shape index (κ1) is 5.45. The molecule has 0 spiro atoms.